The first-order valence-corrected chi connectivity index (χ1v) is 6.17. The third kappa shape index (κ3) is 1.96. The minimum Gasteiger partial charge on any atom is -0.491 e. The van der Waals surface area contributed by atoms with Gasteiger partial charge in [-0.25, -0.2) is 9.97 Å². The molecule has 2 aromatic rings. The third-order valence-electron chi connectivity index (χ3n) is 2.54. The lowest BCUT2D eigenvalue weighted by Crippen LogP contribution is -1.99. The van der Waals surface area contributed by atoms with Crippen LogP contribution in [-0.4, -0.2) is 24.2 Å². The van der Waals surface area contributed by atoms with Gasteiger partial charge in [-0.15, -0.1) is 12.6 Å². The van der Waals surface area contributed by atoms with Crippen molar-refractivity contribution in [1.29, 1.82) is 0 Å². The summed E-state index contributed by atoms with van der Waals surface area (Å²) in [5, 5.41) is 1.19. The summed E-state index contributed by atoms with van der Waals surface area (Å²) >= 11 is 16.4. The first kappa shape index (κ1) is 13.5. The molecule has 0 N–H and O–H groups in total. The van der Waals surface area contributed by atoms with Gasteiger partial charge in [0.15, 0.2) is 11.5 Å². The Morgan fingerprint density at radius 1 is 1.06 bits per heavy atom. The normalized spacial score (nSPS) is 10.8. The predicted octanol–water partition coefficient (Wildman–Crippen LogP) is 3.55. The summed E-state index contributed by atoms with van der Waals surface area (Å²) in [5.41, 5.74) is 1.21. The van der Waals surface area contributed by atoms with E-state index in [2.05, 4.69) is 22.6 Å². The molecule has 1 aromatic carbocycles. The molecule has 0 aliphatic heterocycles. The summed E-state index contributed by atoms with van der Waals surface area (Å²) in [6.45, 7) is 1.80. The second-order valence-corrected chi connectivity index (χ2v) is 4.69. The van der Waals surface area contributed by atoms with Gasteiger partial charge in [0.2, 0.25) is 5.28 Å². The van der Waals surface area contributed by atoms with E-state index in [0.29, 0.717) is 38.0 Å². The van der Waals surface area contributed by atoms with Crippen LogP contribution < -0.4 is 9.47 Å². The number of thiol groups is 1. The third-order valence-corrected chi connectivity index (χ3v) is 3.64. The Balaban J connectivity index is 3.04. The first-order chi connectivity index (χ1) is 8.51. The van der Waals surface area contributed by atoms with Gasteiger partial charge in [0, 0.05) is 10.3 Å². The quantitative estimate of drug-likeness (QED) is 0.681. The van der Waals surface area contributed by atoms with Crippen molar-refractivity contribution in [2.24, 2.45) is 0 Å². The van der Waals surface area contributed by atoms with E-state index in [1.54, 1.807) is 6.92 Å². The van der Waals surface area contributed by atoms with Crippen molar-refractivity contribution in [1.82, 2.24) is 9.97 Å². The summed E-state index contributed by atoms with van der Waals surface area (Å²) < 4.78 is 10.5. The standard InChI is InChI=1S/C11H10Cl2N2O2S/c1-4-5-7(15-11(13)14-4)9(17-3)8(16-2)6(12)10(5)18/h18H,1-3H3. The molecule has 1 heterocycles. The average molecular weight is 305 g/mol. The maximum atomic E-state index is 6.20. The molecule has 0 radical (unpaired) electrons. The number of hydrogen-bond acceptors (Lipinski definition) is 5. The van der Waals surface area contributed by atoms with Crippen molar-refractivity contribution >= 4 is 46.7 Å². The van der Waals surface area contributed by atoms with Crippen molar-refractivity contribution in [2.45, 2.75) is 11.8 Å². The number of aromatic nitrogens is 2. The smallest absolute Gasteiger partial charge is 0.223 e. The maximum Gasteiger partial charge on any atom is 0.223 e. The number of halogens is 2. The lowest BCUT2D eigenvalue weighted by Gasteiger charge is -2.15. The van der Waals surface area contributed by atoms with Crippen molar-refractivity contribution in [2.75, 3.05) is 14.2 Å². The molecular formula is C11H10Cl2N2O2S. The molecule has 4 nitrogen and oxygen atoms in total. The fourth-order valence-corrected chi connectivity index (χ4v) is 2.62. The monoisotopic (exact) mass is 304 g/mol. The van der Waals surface area contributed by atoms with Gasteiger partial charge < -0.3 is 9.47 Å². The number of rotatable bonds is 2. The average Bonchev–Trinajstić information content (AvgIpc) is 2.32. The fraction of sp³-hybridized carbons (Fsp3) is 0.273. The Morgan fingerprint density at radius 3 is 2.22 bits per heavy atom. The molecule has 0 aliphatic carbocycles. The number of aryl methyl sites for hydroxylation is 1. The highest BCUT2D eigenvalue weighted by molar-refractivity contribution is 7.80. The second-order valence-electron chi connectivity index (χ2n) is 3.53. The van der Waals surface area contributed by atoms with E-state index in [9.17, 15) is 0 Å². The van der Waals surface area contributed by atoms with Crippen molar-refractivity contribution in [3.05, 3.63) is 16.0 Å². The van der Waals surface area contributed by atoms with Gasteiger partial charge in [-0.1, -0.05) is 11.6 Å². The van der Waals surface area contributed by atoms with Crippen molar-refractivity contribution in [3.8, 4) is 11.5 Å². The largest absolute Gasteiger partial charge is 0.491 e. The van der Waals surface area contributed by atoms with E-state index in [4.69, 9.17) is 32.7 Å². The van der Waals surface area contributed by atoms with Crippen LogP contribution in [0.25, 0.3) is 10.9 Å². The molecule has 0 saturated heterocycles. The minimum absolute atomic E-state index is 0.135. The highest BCUT2D eigenvalue weighted by Gasteiger charge is 2.21. The molecule has 7 heteroatoms. The molecule has 0 atom stereocenters. The van der Waals surface area contributed by atoms with Gasteiger partial charge in [0.1, 0.15) is 10.5 Å². The van der Waals surface area contributed by atoms with Crippen molar-refractivity contribution in [3.63, 3.8) is 0 Å². The van der Waals surface area contributed by atoms with E-state index in [0.717, 1.165) is 0 Å². The van der Waals surface area contributed by atoms with E-state index in [1.165, 1.54) is 14.2 Å². The first-order valence-electron chi connectivity index (χ1n) is 4.97. The van der Waals surface area contributed by atoms with E-state index >= 15 is 0 Å². The zero-order valence-electron chi connectivity index (χ0n) is 9.91. The van der Waals surface area contributed by atoms with Gasteiger partial charge in [-0.05, 0) is 18.5 Å². The molecule has 18 heavy (non-hydrogen) atoms. The predicted molar refractivity (Wildman–Crippen MR) is 74.7 cm³/mol. The van der Waals surface area contributed by atoms with E-state index in [1.807, 2.05) is 0 Å². The SMILES string of the molecule is COc1c(Cl)c(S)c2c(C)nc(Cl)nc2c1OC. The van der Waals surface area contributed by atoms with Crippen LogP contribution in [-0.2, 0) is 0 Å². The molecule has 0 fully saturated rings. The van der Waals surface area contributed by atoms with Crippen LogP contribution in [0, 0.1) is 6.92 Å². The number of nitrogens with zero attached hydrogens (tertiary/aromatic N) is 2. The van der Waals surface area contributed by atoms with Crippen LogP contribution >= 0.6 is 35.8 Å². The Bertz CT molecular complexity index is 634. The highest BCUT2D eigenvalue weighted by atomic mass is 35.5. The molecular weight excluding hydrogens is 295 g/mol. The molecule has 0 unspecified atom stereocenters. The molecule has 0 saturated carbocycles. The molecule has 1 aromatic heterocycles. The number of ether oxygens (including phenoxy) is 2. The Morgan fingerprint density at radius 2 is 1.67 bits per heavy atom. The lowest BCUT2D eigenvalue weighted by molar-refractivity contribution is 0.357. The zero-order chi connectivity index (χ0) is 13.4. The molecule has 0 amide bonds. The Kier molecular flexibility index (Phi) is 3.75. The number of fused-ring (bicyclic) bond motifs is 1. The van der Waals surface area contributed by atoms with Gasteiger partial charge in [0.05, 0.1) is 19.9 Å². The van der Waals surface area contributed by atoms with Gasteiger partial charge >= 0.3 is 0 Å². The number of hydrogen-bond donors (Lipinski definition) is 1. The number of methoxy groups -OCH3 is 2. The summed E-state index contributed by atoms with van der Waals surface area (Å²) in [7, 11) is 3.01. The van der Waals surface area contributed by atoms with Gasteiger partial charge in [-0.3, -0.25) is 0 Å². The highest BCUT2D eigenvalue weighted by Crippen LogP contribution is 2.46. The van der Waals surface area contributed by atoms with Crippen LogP contribution in [0.4, 0.5) is 0 Å². The van der Waals surface area contributed by atoms with Crippen molar-refractivity contribution < 1.29 is 9.47 Å². The zero-order valence-corrected chi connectivity index (χ0v) is 12.3. The van der Waals surface area contributed by atoms with E-state index in [-0.39, 0.29) is 5.28 Å². The van der Waals surface area contributed by atoms with Crippen LogP contribution in [0.15, 0.2) is 4.90 Å². The second kappa shape index (κ2) is 4.99. The molecule has 0 aliphatic rings. The maximum absolute atomic E-state index is 6.20. The van der Waals surface area contributed by atoms with Crippen LogP contribution in [0.3, 0.4) is 0 Å². The minimum atomic E-state index is 0.135. The van der Waals surface area contributed by atoms with Gasteiger partial charge in [0.25, 0.3) is 0 Å². The summed E-state index contributed by atoms with van der Waals surface area (Å²) in [4.78, 5) is 8.78. The summed E-state index contributed by atoms with van der Waals surface area (Å²) in [6, 6.07) is 0. The Labute approximate surface area is 120 Å². The molecule has 0 spiro atoms. The summed E-state index contributed by atoms with van der Waals surface area (Å²) in [6.07, 6.45) is 0. The molecule has 0 bridgehead atoms. The van der Waals surface area contributed by atoms with Gasteiger partial charge in [-0.2, -0.15) is 0 Å². The fourth-order valence-electron chi connectivity index (χ4n) is 1.78. The Hall–Kier alpha value is -0.910. The van der Waals surface area contributed by atoms with E-state index < -0.39 is 0 Å². The lowest BCUT2D eigenvalue weighted by atomic mass is 10.1. The topological polar surface area (TPSA) is 44.2 Å². The van der Waals surface area contributed by atoms with Crippen LogP contribution in [0.5, 0.6) is 11.5 Å². The van der Waals surface area contributed by atoms with Crippen LogP contribution in [0.1, 0.15) is 5.69 Å². The number of benzene rings is 1. The van der Waals surface area contributed by atoms with Crippen LogP contribution in [0.2, 0.25) is 10.3 Å². The molecule has 96 valence electrons. The summed E-state index contributed by atoms with van der Waals surface area (Å²) in [5.74, 6) is 0.800. The molecule has 2 rings (SSSR count).